The Balaban J connectivity index is 1.94. The molecule has 4 rings (SSSR count). The maximum Gasteiger partial charge on any atom is 0.224 e. The van der Waals surface area contributed by atoms with Crippen molar-refractivity contribution in [1.29, 1.82) is 0 Å². The zero-order valence-corrected chi connectivity index (χ0v) is 13.9. The Kier molecular flexibility index (Phi) is 3.72. The molecular formula is C21H21NO2. The molecule has 1 saturated carbocycles. The van der Waals surface area contributed by atoms with Gasteiger partial charge < -0.3 is 4.90 Å². The molecule has 0 radical (unpaired) electrons. The first kappa shape index (κ1) is 15.1. The van der Waals surface area contributed by atoms with Crippen molar-refractivity contribution in [2.24, 2.45) is 5.92 Å². The average molecular weight is 319 g/mol. The summed E-state index contributed by atoms with van der Waals surface area (Å²) in [6, 6.07) is 16.0. The molecular weight excluding hydrogens is 298 g/mol. The van der Waals surface area contributed by atoms with Gasteiger partial charge in [0.2, 0.25) is 5.91 Å². The molecule has 1 aliphatic heterocycles. The van der Waals surface area contributed by atoms with Crippen molar-refractivity contribution in [3.63, 3.8) is 0 Å². The van der Waals surface area contributed by atoms with Crippen molar-refractivity contribution in [2.45, 2.75) is 38.6 Å². The Bertz CT molecular complexity index is 811. The van der Waals surface area contributed by atoms with E-state index in [1.54, 1.807) is 6.92 Å². The van der Waals surface area contributed by atoms with Gasteiger partial charge in [0, 0.05) is 24.8 Å². The Morgan fingerprint density at radius 1 is 1.00 bits per heavy atom. The van der Waals surface area contributed by atoms with Gasteiger partial charge in [-0.1, -0.05) is 48.9 Å². The minimum absolute atomic E-state index is 0.000302. The summed E-state index contributed by atoms with van der Waals surface area (Å²) in [6.07, 6.45) is 3.53. The number of nitrogens with zero attached hydrogens (tertiary/aromatic N) is 1. The smallest absolute Gasteiger partial charge is 0.224 e. The first-order valence-corrected chi connectivity index (χ1v) is 8.69. The summed E-state index contributed by atoms with van der Waals surface area (Å²) < 4.78 is 0. The van der Waals surface area contributed by atoms with Crippen molar-refractivity contribution < 1.29 is 9.59 Å². The van der Waals surface area contributed by atoms with Gasteiger partial charge in [-0.3, -0.25) is 9.59 Å². The molecule has 3 heteroatoms. The summed E-state index contributed by atoms with van der Waals surface area (Å²) in [4.78, 5) is 27.0. The molecule has 1 aliphatic carbocycles. The molecule has 1 amide bonds. The molecule has 0 aromatic heterocycles. The van der Waals surface area contributed by atoms with E-state index in [9.17, 15) is 9.59 Å². The topological polar surface area (TPSA) is 37.4 Å². The Morgan fingerprint density at radius 2 is 1.71 bits per heavy atom. The van der Waals surface area contributed by atoms with Crippen LogP contribution in [0.15, 0.2) is 48.5 Å². The minimum Gasteiger partial charge on any atom is -0.304 e. The third-order valence-electron chi connectivity index (χ3n) is 5.33. The predicted molar refractivity (Wildman–Crippen MR) is 94.7 cm³/mol. The molecule has 24 heavy (non-hydrogen) atoms. The molecule has 0 saturated heterocycles. The molecule has 0 bridgehead atoms. The SMILES string of the molecule is CC(=O)N1c2ccccc2-c2ccccc2C1C1CCCCC1=O. The molecule has 2 aliphatic rings. The van der Waals surface area contributed by atoms with Gasteiger partial charge in [0.15, 0.2) is 0 Å². The van der Waals surface area contributed by atoms with Crippen molar-refractivity contribution in [1.82, 2.24) is 0 Å². The molecule has 2 aromatic rings. The summed E-state index contributed by atoms with van der Waals surface area (Å²) in [5.41, 5.74) is 4.25. The third kappa shape index (κ3) is 2.27. The quantitative estimate of drug-likeness (QED) is 0.775. The van der Waals surface area contributed by atoms with E-state index in [-0.39, 0.29) is 17.9 Å². The number of hydrogen-bond donors (Lipinski definition) is 0. The monoisotopic (exact) mass is 319 g/mol. The lowest BCUT2D eigenvalue weighted by Gasteiger charge is -2.42. The Morgan fingerprint density at radius 3 is 2.46 bits per heavy atom. The van der Waals surface area contributed by atoms with E-state index in [2.05, 4.69) is 18.2 Å². The number of amides is 1. The molecule has 1 heterocycles. The van der Waals surface area contributed by atoms with Crippen molar-refractivity contribution >= 4 is 17.4 Å². The average Bonchev–Trinajstić information content (AvgIpc) is 2.61. The summed E-state index contributed by atoms with van der Waals surface area (Å²) in [6.45, 7) is 1.60. The van der Waals surface area contributed by atoms with E-state index < -0.39 is 0 Å². The lowest BCUT2D eigenvalue weighted by atomic mass is 9.75. The second-order valence-corrected chi connectivity index (χ2v) is 6.76. The van der Waals surface area contributed by atoms with Crippen LogP contribution in [0.4, 0.5) is 5.69 Å². The maximum absolute atomic E-state index is 12.6. The van der Waals surface area contributed by atoms with E-state index >= 15 is 0 Å². The van der Waals surface area contributed by atoms with Gasteiger partial charge in [0.1, 0.15) is 5.78 Å². The zero-order chi connectivity index (χ0) is 16.7. The molecule has 2 aromatic carbocycles. The van der Waals surface area contributed by atoms with Gasteiger partial charge in [0.05, 0.1) is 11.7 Å². The number of hydrogen-bond acceptors (Lipinski definition) is 2. The second kappa shape index (κ2) is 5.90. The highest BCUT2D eigenvalue weighted by molar-refractivity contribution is 6.01. The van der Waals surface area contributed by atoms with Gasteiger partial charge in [-0.25, -0.2) is 0 Å². The second-order valence-electron chi connectivity index (χ2n) is 6.76. The van der Waals surface area contributed by atoms with Gasteiger partial charge in [-0.05, 0) is 30.0 Å². The maximum atomic E-state index is 12.6. The van der Waals surface area contributed by atoms with Crippen LogP contribution in [0.5, 0.6) is 0 Å². The first-order valence-electron chi connectivity index (χ1n) is 8.69. The summed E-state index contributed by atoms with van der Waals surface area (Å²) in [7, 11) is 0. The van der Waals surface area contributed by atoms with Crippen LogP contribution in [0.1, 0.15) is 44.2 Å². The van der Waals surface area contributed by atoms with Crippen LogP contribution in [-0.2, 0) is 9.59 Å². The largest absolute Gasteiger partial charge is 0.304 e. The van der Waals surface area contributed by atoms with Gasteiger partial charge in [-0.2, -0.15) is 0 Å². The van der Waals surface area contributed by atoms with Crippen LogP contribution in [0, 0.1) is 5.92 Å². The van der Waals surface area contributed by atoms with Crippen LogP contribution in [-0.4, -0.2) is 11.7 Å². The van der Waals surface area contributed by atoms with Crippen molar-refractivity contribution in [3.05, 3.63) is 54.1 Å². The molecule has 122 valence electrons. The fraction of sp³-hybridized carbons (Fsp3) is 0.333. The van der Waals surface area contributed by atoms with Gasteiger partial charge in [-0.15, -0.1) is 0 Å². The number of benzene rings is 2. The number of para-hydroxylation sites is 1. The first-order chi connectivity index (χ1) is 11.7. The van der Waals surface area contributed by atoms with Gasteiger partial charge >= 0.3 is 0 Å². The Labute approximate surface area is 142 Å². The van der Waals surface area contributed by atoms with E-state index in [1.165, 1.54) is 0 Å². The summed E-state index contributed by atoms with van der Waals surface area (Å²) in [5, 5.41) is 0. The molecule has 2 unspecified atom stereocenters. The number of carbonyl (C=O) groups excluding carboxylic acids is 2. The molecule has 2 atom stereocenters. The van der Waals surface area contributed by atoms with Gasteiger partial charge in [0.25, 0.3) is 0 Å². The highest BCUT2D eigenvalue weighted by Crippen LogP contribution is 2.49. The molecule has 0 N–H and O–H groups in total. The third-order valence-corrected chi connectivity index (χ3v) is 5.33. The highest BCUT2D eigenvalue weighted by Gasteiger charge is 2.41. The van der Waals surface area contributed by atoms with Crippen LogP contribution in [0.3, 0.4) is 0 Å². The lowest BCUT2D eigenvalue weighted by Crippen LogP contribution is -2.43. The number of ketones is 1. The number of Topliss-reactive ketones (excluding diaryl/α,β-unsaturated/α-hetero) is 1. The number of carbonyl (C=O) groups is 2. The zero-order valence-electron chi connectivity index (χ0n) is 13.9. The minimum atomic E-state index is -0.179. The fourth-order valence-electron chi connectivity index (χ4n) is 4.31. The Hall–Kier alpha value is -2.42. The highest BCUT2D eigenvalue weighted by atomic mass is 16.2. The standard InChI is InChI=1S/C21H21NO2/c1-14(23)22-19-12-6-4-9-16(19)15-8-2-3-10-17(15)21(22)18-11-5-7-13-20(18)24/h2-4,6,8-10,12,18,21H,5,7,11,13H2,1H3. The van der Waals surface area contributed by atoms with E-state index in [0.717, 1.165) is 41.6 Å². The van der Waals surface area contributed by atoms with Crippen molar-refractivity contribution in [3.8, 4) is 11.1 Å². The number of rotatable bonds is 1. The van der Waals surface area contributed by atoms with Crippen LogP contribution in [0.25, 0.3) is 11.1 Å². The van der Waals surface area contributed by atoms with E-state index in [4.69, 9.17) is 0 Å². The molecule has 0 spiro atoms. The van der Waals surface area contributed by atoms with E-state index in [1.807, 2.05) is 35.2 Å². The molecule has 3 nitrogen and oxygen atoms in total. The van der Waals surface area contributed by atoms with Crippen molar-refractivity contribution in [2.75, 3.05) is 4.90 Å². The lowest BCUT2D eigenvalue weighted by molar-refractivity contribution is -0.125. The predicted octanol–water partition coefficient (Wildman–Crippen LogP) is 4.52. The van der Waals surface area contributed by atoms with Crippen LogP contribution < -0.4 is 4.90 Å². The fourth-order valence-corrected chi connectivity index (χ4v) is 4.31. The molecule has 1 fully saturated rings. The normalized spacial score (nSPS) is 22.7. The van der Waals surface area contributed by atoms with E-state index in [0.29, 0.717) is 12.2 Å². The van der Waals surface area contributed by atoms with Crippen LogP contribution in [0.2, 0.25) is 0 Å². The number of fused-ring (bicyclic) bond motifs is 3. The summed E-state index contributed by atoms with van der Waals surface area (Å²) >= 11 is 0. The summed E-state index contributed by atoms with van der Waals surface area (Å²) in [5.74, 6) is 0.198. The number of anilines is 1. The van der Waals surface area contributed by atoms with Crippen LogP contribution >= 0.6 is 0 Å².